The summed E-state index contributed by atoms with van der Waals surface area (Å²) in [6.07, 6.45) is 0. The minimum atomic E-state index is -0.967. The number of rotatable bonds is 1. The number of nitrogens with two attached hydrogens (primary N) is 1. The number of aromatic nitrogens is 1. The van der Waals surface area contributed by atoms with Gasteiger partial charge >= 0.3 is 5.97 Å². The minimum absolute atomic E-state index is 0.180. The van der Waals surface area contributed by atoms with Crippen molar-refractivity contribution in [3.05, 3.63) is 35.5 Å². The third-order valence-corrected chi connectivity index (χ3v) is 2.19. The third kappa shape index (κ3) is 1.90. The number of H-pyrrole nitrogens is 1. The van der Waals surface area contributed by atoms with Crippen LogP contribution in [0, 0.1) is 11.8 Å². The summed E-state index contributed by atoms with van der Waals surface area (Å²) in [5.74, 6) is 4.68. The molecule has 0 saturated carbocycles. The van der Waals surface area contributed by atoms with Crippen molar-refractivity contribution in [2.45, 2.75) is 0 Å². The van der Waals surface area contributed by atoms with Crippen LogP contribution in [0.5, 0.6) is 0 Å². The molecule has 0 aliphatic carbocycles. The zero-order chi connectivity index (χ0) is 11.5. The van der Waals surface area contributed by atoms with Gasteiger partial charge < -0.3 is 15.8 Å². The molecular weight excluding hydrogens is 204 g/mol. The summed E-state index contributed by atoms with van der Waals surface area (Å²) in [5, 5.41) is 9.66. The lowest BCUT2D eigenvalue weighted by Gasteiger charge is -1.90. The quantitative estimate of drug-likeness (QED) is 0.623. The van der Waals surface area contributed by atoms with Gasteiger partial charge in [-0.2, -0.15) is 0 Å². The van der Waals surface area contributed by atoms with Crippen LogP contribution in [-0.4, -0.2) is 22.6 Å². The van der Waals surface area contributed by atoms with E-state index in [1.165, 1.54) is 0 Å². The molecule has 0 unspecified atom stereocenters. The Kier molecular flexibility index (Phi) is 2.63. The number of carboxylic acids is 1. The van der Waals surface area contributed by atoms with E-state index in [1.807, 2.05) is 18.2 Å². The standard InChI is InChI=1S/C12H10N2O2/c13-5-1-2-8-3-4-10-9(6-8)7-11(14-10)12(15)16/h3-4,6-7,14H,5,13H2,(H,15,16). The van der Waals surface area contributed by atoms with Crippen LogP contribution >= 0.6 is 0 Å². The predicted molar refractivity (Wildman–Crippen MR) is 61.2 cm³/mol. The van der Waals surface area contributed by atoms with E-state index in [1.54, 1.807) is 6.07 Å². The van der Waals surface area contributed by atoms with E-state index in [9.17, 15) is 4.79 Å². The first-order valence-electron chi connectivity index (χ1n) is 4.75. The van der Waals surface area contributed by atoms with Gasteiger partial charge in [0.1, 0.15) is 5.69 Å². The average molecular weight is 214 g/mol. The molecule has 0 aliphatic rings. The minimum Gasteiger partial charge on any atom is -0.477 e. The predicted octanol–water partition coefficient (Wildman–Crippen LogP) is 1.18. The number of benzene rings is 1. The number of carbonyl (C=O) groups is 1. The summed E-state index contributed by atoms with van der Waals surface area (Å²) >= 11 is 0. The van der Waals surface area contributed by atoms with Crippen LogP contribution in [0.2, 0.25) is 0 Å². The lowest BCUT2D eigenvalue weighted by molar-refractivity contribution is 0.0691. The number of hydrogen-bond donors (Lipinski definition) is 3. The van der Waals surface area contributed by atoms with E-state index >= 15 is 0 Å². The van der Waals surface area contributed by atoms with Crippen LogP contribution in [0.1, 0.15) is 16.1 Å². The summed E-state index contributed by atoms with van der Waals surface area (Å²) in [7, 11) is 0. The number of carboxylic acid groups (broad SMARTS) is 1. The summed E-state index contributed by atoms with van der Waals surface area (Å²) in [4.78, 5) is 13.6. The highest BCUT2D eigenvalue weighted by molar-refractivity contribution is 5.94. The first kappa shape index (κ1) is 10.3. The Morgan fingerprint density at radius 1 is 1.44 bits per heavy atom. The van der Waals surface area contributed by atoms with Gasteiger partial charge in [0.2, 0.25) is 0 Å². The highest BCUT2D eigenvalue weighted by Crippen LogP contribution is 2.16. The maximum absolute atomic E-state index is 10.8. The molecule has 0 saturated heterocycles. The Morgan fingerprint density at radius 2 is 2.25 bits per heavy atom. The lowest BCUT2D eigenvalue weighted by Crippen LogP contribution is -1.94. The van der Waals surface area contributed by atoms with Crippen molar-refractivity contribution in [1.82, 2.24) is 4.98 Å². The van der Waals surface area contributed by atoms with Gasteiger partial charge in [-0.05, 0) is 24.3 Å². The van der Waals surface area contributed by atoms with Crippen LogP contribution in [-0.2, 0) is 0 Å². The molecule has 1 aromatic carbocycles. The molecule has 0 radical (unpaired) electrons. The molecule has 2 rings (SSSR count). The maximum atomic E-state index is 10.8. The molecule has 0 bridgehead atoms. The number of aromatic carboxylic acids is 1. The Balaban J connectivity index is 2.49. The second-order valence-electron chi connectivity index (χ2n) is 3.30. The van der Waals surface area contributed by atoms with Crippen molar-refractivity contribution < 1.29 is 9.90 Å². The highest BCUT2D eigenvalue weighted by Gasteiger charge is 2.06. The number of fused-ring (bicyclic) bond motifs is 1. The van der Waals surface area contributed by atoms with Crippen molar-refractivity contribution in [3.63, 3.8) is 0 Å². The van der Waals surface area contributed by atoms with Crippen molar-refractivity contribution in [1.29, 1.82) is 0 Å². The monoisotopic (exact) mass is 214 g/mol. The van der Waals surface area contributed by atoms with Crippen molar-refractivity contribution in [2.24, 2.45) is 5.73 Å². The molecule has 0 aliphatic heterocycles. The largest absolute Gasteiger partial charge is 0.477 e. The molecule has 2 aromatic rings. The molecule has 80 valence electrons. The SMILES string of the molecule is NCC#Cc1ccc2[nH]c(C(=O)O)cc2c1. The van der Waals surface area contributed by atoms with Gasteiger partial charge in [0.15, 0.2) is 0 Å². The zero-order valence-electron chi connectivity index (χ0n) is 8.45. The van der Waals surface area contributed by atoms with Gasteiger partial charge in [-0.15, -0.1) is 0 Å². The second kappa shape index (κ2) is 4.09. The van der Waals surface area contributed by atoms with Crippen LogP contribution in [0.3, 0.4) is 0 Å². The Bertz CT molecular complexity index is 602. The van der Waals surface area contributed by atoms with Gasteiger partial charge in [-0.3, -0.25) is 0 Å². The van der Waals surface area contributed by atoms with E-state index in [4.69, 9.17) is 10.8 Å². The highest BCUT2D eigenvalue weighted by atomic mass is 16.4. The fraction of sp³-hybridized carbons (Fsp3) is 0.0833. The molecule has 0 amide bonds. The van der Waals surface area contributed by atoms with E-state index in [2.05, 4.69) is 16.8 Å². The fourth-order valence-corrected chi connectivity index (χ4v) is 1.48. The van der Waals surface area contributed by atoms with E-state index < -0.39 is 5.97 Å². The molecule has 0 fully saturated rings. The van der Waals surface area contributed by atoms with Crippen molar-refractivity contribution >= 4 is 16.9 Å². The molecule has 16 heavy (non-hydrogen) atoms. The number of hydrogen-bond acceptors (Lipinski definition) is 2. The molecule has 0 atom stereocenters. The van der Waals surface area contributed by atoms with Crippen molar-refractivity contribution in [2.75, 3.05) is 6.54 Å². The molecule has 4 N–H and O–H groups in total. The maximum Gasteiger partial charge on any atom is 0.352 e. The molecule has 4 nitrogen and oxygen atoms in total. The summed E-state index contributed by atoms with van der Waals surface area (Å²) in [6, 6.07) is 7.06. The molecule has 0 spiro atoms. The third-order valence-electron chi connectivity index (χ3n) is 2.19. The van der Waals surface area contributed by atoms with Gasteiger partial charge in [0.05, 0.1) is 6.54 Å². The van der Waals surface area contributed by atoms with Crippen LogP contribution in [0.4, 0.5) is 0 Å². The first-order valence-corrected chi connectivity index (χ1v) is 4.75. The number of aromatic amines is 1. The molecular formula is C12H10N2O2. The smallest absolute Gasteiger partial charge is 0.352 e. The van der Waals surface area contributed by atoms with E-state index in [0.29, 0.717) is 6.54 Å². The van der Waals surface area contributed by atoms with Gasteiger partial charge in [-0.1, -0.05) is 11.8 Å². The lowest BCUT2D eigenvalue weighted by atomic mass is 10.1. The van der Waals surface area contributed by atoms with Crippen LogP contribution in [0.15, 0.2) is 24.3 Å². The van der Waals surface area contributed by atoms with Crippen molar-refractivity contribution in [3.8, 4) is 11.8 Å². The summed E-state index contributed by atoms with van der Waals surface area (Å²) in [5.41, 5.74) is 7.07. The van der Waals surface area contributed by atoms with E-state index in [0.717, 1.165) is 16.5 Å². The number of nitrogens with one attached hydrogen (secondary N) is 1. The van der Waals surface area contributed by atoms with Gasteiger partial charge in [0.25, 0.3) is 0 Å². The Morgan fingerprint density at radius 3 is 2.94 bits per heavy atom. The average Bonchev–Trinajstić information content (AvgIpc) is 2.69. The molecule has 1 heterocycles. The zero-order valence-corrected chi connectivity index (χ0v) is 8.45. The molecule has 4 heteroatoms. The Labute approximate surface area is 92.1 Å². The normalized spacial score (nSPS) is 9.81. The van der Waals surface area contributed by atoms with Crippen LogP contribution < -0.4 is 5.73 Å². The van der Waals surface area contributed by atoms with E-state index in [-0.39, 0.29) is 5.69 Å². The van der Waals surface area contributed by atoms with Crippen LogP contribution in [0.25, 0.3) is 10.9 Å². The van der Waals surface area contributed by atoms with Gasteiger partial charge in [0, 0.05) is 16.5 Å². The van der Waals surface area contributed by atoms with Gasteiger partial charge in [-0.25, -0.2) is 4.79 Å². The fourth-order valence-electron chi connectivity index (χ4n) is 1.48. The first-order chi connectivity index (χ1) is 7.70. The molecule has 1 aromatic heterocycles. The summed E-state index contributed by atoms with van der Waals surface area (Å²) in [6.45, 7) is 0.311. The second-order valence-corrected chi connectivity index (χ2v) is 3.30. The Hall–Kier alpha value is -2.25. The topological polar surface area (TPSA) is 79.1 Å². The summed E-state index contributed by atoms with van der Waals surface area (Å²) < 4.78 is 0.